The van der Waals surface area contributed by atoms with Crippen LogP contribution in [-0.2, 0) is 11.3 Å². The molecular weight excluding hydrogens is 254 g/mol. The normalized spacial score (nSPS) is 13.5. The summed E-state index contributed by atoms with van der Waals surface area (Å²) in [7, 11) is 3.80. The summed E-state index contributed by atoms with van der Waals surface area (Å²) in [6.07, 6.45) is 0.938. The number of ether oxygens (including phenoxy) is 1. The van der Waals surface area contributed by atoms with E-state index in [1.807, 2.05) is 12.1 Å². The Hall–Kier alpha value is -1.39. The highest BCUT2D eigenvalue weighted by atomic mass is 16.5. The smallest absolute Gasteiger partial charge is 0.335 e. The van der Waals surface area contributed by atoms with Crippen LogP contribution in [0.3, 0.4) is 0 Å². The Morgan fingerprint density at radius 1 is 1.35 bits per heavy atom. The van der Waals surface area contributed by atoms with E-state index in [-0.39, 0.29) is 5.60 Å². The lowest BCUT2D eigenvalue weighted by Crippen LogP contribution is -2.36. The lowest BCUT2D eigenvalue weighted by atomic mass is 9.98. The molecule has 1 aromatic rings. The molecule has 20 heavy (non-hydrogen) atoms. The molecule has 4 nitrogen and oxygen atoms in total. The van der Waals surface area contributed by atoms with E-state index < -0.39 is 5.97 Å². The van der Waals surface area contributed by atoms with Gasteiger partial charge in [-0.3, -0.25) is 4.90 Å². The summed E-state index contributed by atoms with van der Waals surface area (Å²) in [5.74, 6) is -0.889. The molecule has 1 unspecified atom stereocenters. The molecule has 1 atom stereocenters. The quantitative estimate of drug-likeness (QED) is 0.833. The number of hydrogen-bond acceptors (Lipinski definition) is 3. The maximum absolute atomic E-state index is 10.8. The van der Waals surface area contributed by atoms with Crippen LogP contribution in [0.15, 0.2) is 24.3 Å². The van der Waals surface area contributed by atoms with Crippen LogP contribution in [0.4, 0.5) is 0 Å². The van der Waals surface area contributed by atoms with Crippen LogP contribution in [0.1, 0.15) is 43.1 Å². The van der Waals surface area contributed by atoms with Crippen LogP contribution >= 0.6 is 0 Å². The van der Waals surface area contributed by atoms with Gasteiger partial charge in [0.05, 0.1) is 11.2 Å². The van der Waals surface area contributed by atoms with Crippen molar-refractivity contribution in [3.05, 3.63) is 35.4 Å². The van der Waals surface area contributed by atoms with E-state index in [2.05, 4.69) is 32.7 Å². The number of carboxylic acid groups (broad SMARTS) is 1. The highest BCUT2D eigenvalue weighted by molar-refractivity contribution is 5.87. The highest BCUT2D eigenvalue weighted by Gasteiger charge is 2.22. The zero-order chi connectivity index (χ0) is 15.3. The van der Waals surface area contributed by atoms with Crippen molar-refractivity contribution in [2.45, 2.75) is 45.4 Å². The van der Waals surface area contributed by atoms with Crippen molar-refractivity contribution in [1.82, 2.24) is 4.90 Å². The summed E-state index contributed by atoms with van der Waals surface area (Å²) in [6.45, 7) is 7.13. The summed E-state index contributed by atoms with van der Waals surface area (Å²) in [6, 6.07) is 7.41. The fourth-order valence-electron chi connectivity index (χ4n) is 2.15. The highest BCUT2D eigenvalue weighted by Crippen LogP contribution is 2.19. The average Bonchev–Trinajstić information content (AvgIpc) is 2.38. The molecule has 1 rings (SSSR count). The van der Waals surface area contributed by atoms with Gasteiger partial charge < -0.3 is 9.84 Å². The van der Waals surface area contributed by atoms with Crippen molar-refractivity contribution in [3.63, 3.8) is 0 Å². The zero-order valence-corrected chi connectivity index (χ0v) is 13.0. The van der Waals surface area contributed by atoms with E-state index in [0.29, 0.717) is 11.6 Å². The van der Waals surface area contributed by atoms with Gasteiger partial charge in [-0.2, -0.15) is 0 Å². The first kappa shape index (κ1) is 16.7. The average molecular weight is 279 g/mol. The van der Waals surface area contributed by atoms with Crippen LogP contribution < -0.4 is 0 Å². The number of aromatic carboxylic acids is 1. The standard InChI is InChI=1S/C16H25NO3/c1-12(10-16(2,3)20-5)17(4)11-13-6-8-14(9-7-13)15(18)19/h6-9,12H,10-11H2,1-5H3,(H,18,19). The summed E-state index contributed by atoms with van der Waals surface area (Å²) in [5.41, 5.74) is 1.30. The summed E-state index contributed by atoms with van der Waals surface area (Å²) in [4.78, 5) is 13.1. The molecule has 112 valence electrons. The Morgan fingerprint density at radius 3 is 2.35 bits per heavy atom. The molecule has 0 aromatic heterocycles. The number of rotatable bonds is 7. The second-order valence-corrected chi connectivity index (χ2v) is 5.93. The maximum atomic E-state index is 10.8. The van der Waals surface area contributed by atoms with Gasteiger partial charge in [-0.25, -0.2) is 4.79 Å². The molecule has 0 heterocycles. The first-order valence-electron chi connectivity index (χ1n) is 6.83. The van der Waals surface area contributed by atoms with Crippen LogP contribution in [0, 0.1) is 0 Å². The first-order valence-corrected chi connectivity index (χ1v) is 6.83. The molecule has 0 aliphatic rings. The van der Waals surface area contributed by atoms with Gasteiger partial charge in [0.15, 0.2) is 0 Å². The third-order valence-electron chi connectivity index (χ3n) is 3.72. The van der Waals surface area contributed by atoms with E-state index >= 15 is 0 Å². The van der Waals surface area contributed by atoms with E-state index in [0.717, 1.165) is 18.5 Å². The van der Waals surface area contributed by atoms with Crippen molar-refractivity contribution < 1.29 is 14.6 Å². The third-order valence-corrected chi connectivity index (χ3v) is 3.72. The van der Waals surface area contributed by atoms with Crippen LogP contribution in [0.25, 0.3) is 0 Å². The van der Waals surface area contributed by atoms with Gasteiger partial charge in [-0.05, 0) is 51.9 Å². The summed E-state index contributed by atoms with van der Waals surface area (Å²) in [5, 5.41) is 8.88. The minimum Gasteiger partial charge on any atom is -0.478 e. The Bertz CT molecular complexity index is 440. The second-order valence-electron chi connectivity index (χ2n) is 5.93. The van der Waals surface area contributed by atoms with Gasteiger partial charge in [-0.1, -0.05) is 12.1 Å². The molecule has 0 amide bonds. The Morgan fingerprint density at radius 2 is 1.90 bits per heavy atom. The fourth-order valence-corrected chi connectivity index (χ4v) is 2.15. The Kier molecular flexibility index (Phi) is 5.72. The molecule has 0 aliphatic carbocycles. The van der Waals surface area contributed by atoms with Gasteiger partial charge in [0.2, 0.25) is 0 Å². The monoisotopic (exact) mass is 279 g/mol. The second kappa shape index (κ2) is 6.86. The summed E-state index contributed by atoms with van der Waals surface area (Å²) < 4.78 is 5.46. The molecular formula is C16H25NO3. The largest absolute Gasteiger partial charge is 0.478 e. The third kappa shape index (κ3) is 4.94. The van der Waals surface area contributed by atoms with Gasteiger partial charge in [0.25, 0.3) is 0 Å². The van der Waals surface area contributed by atoms with E-state index in [1.54, 1.807) is 19.2 Å². The predicted molar refractivity (Wildman–Crippen MR) is 80.0 cm³/mol. The molecule has 0 bridgehead atoms. The maximum Gasteiger partial charge on any atom is 0.335 e. The molecule has 1 N–H and O–H groups in total. The number of benzene rings is 1. The molecule has 0 saturated heterocycles. The van der Waals surface area contributed by atoms with Crippen molar-refractivity contribution >= 4 is 5.97 Å². The molecule has 0 spiro atoms. The fraction of sp³-hybridized carbons (Fsp3) is 0.562. The van der Waals surface area contributed by atoms with Crippen molar-refractivity contribution in [2.24, 2.45) is 0 Å². The number of carbonyl (C=O) groups is 1. The number of methoxy groups -OCH3 is 1. The van der Waals surface area contributed by atoms with E-state index in [1.165, 1.54) is 0 Å². The molecule has 1 aromatic carbocycles. The zero-order valence-electron chi connectivity index (χ0n) is 13.0. The van der Waals surface area contributed by atoms with Gasteiger partial charge in [0, 0.05) is 19.7 Å². The van der Waals surface area contributed by atoms with Crippen LogP contribution in [0.5, 0.6) is 0 Å². The molecule has 0 saturated carbocycles. The van der Waals surface area contributed by atoms with Gasteiger partial charge in [0.1, 0.15) is 0 Å². The minimum absolute atomic E-state index is 0.138. The molecule has 0 fully saturated rings. The van der Waals surface area contributed by atoms with Crippen molar-refractivity contribution in [3.8, 4) is 0 Å². The van der Waals surface area contributed by atoms with Crippen molar-refractivity contribution in [1.29, 1.82) is 0 Å². The minimum atomic E-state index is -0.889. The van der Waals surface area contributed by atoms with Crippen LogP contribution in [-0.4, -0.2) is 41.8 Å². The van der Waals surface area contributed by atoms with E-state index in [9.17, 15) is 4.79 Å². The molecule has 0 aliphatic heterocycles. The first-order chi connectivity index (χ1) is 9.25. The van der Waals surface area contributed by atoms with Crippen LogP contribution in [0.2, 0.25) is 0 Å². The number of nitrogens with zero attached hydrogens (tertiary/aromatic N) is 1. The lowest BCUT2D eigenvalue weighted by Gasteiger charge is -2.32. The molecule has 0 radical (unpaired) electrons. The lowest BCUT2D eigenvalue weighted by molar-refractivity contribution is -0.00398. The topological polar surface area (TPSA) is 49.8 Å². The number of carboxylic acids is 1. The Labute approximate surface area is 121 Å². The summed E-state index contributed by atoms with van der Waals surface area (Å²) >= 11 is 0. The van der Waals surface area contributed by atoms with Crippen molar-refractivity contribution in [2.75, 3.05) is 14.2 Å². The predicted octanol–water partition coefficient (Wildman–Crippen LogP) is 3.02. The Balaban J connectivity index is 2.61. The molecule has 4 heteroatoms. The van der Waals surface area contributed by atoms with Gasteiger partial charge >= 0.3 is 5.97 Å². The van der Waals surface area contributed by atoms with Gasteiger partial charge in [-0.15, -0.1) is 0 Å². The van der Waals surface area contributed by atoms with E-state index in [4.69, 9.17) is 9.84 Å². The SMILES string of the molecule is COC(C)(C)CC(C)N(C)Cc1ccc(C(=O)O)cc1. The number of hydrogen-bond donors (Lipinski definition) is 1.